The molecule has 2 saturated heterocycles. The Morgan fingerprint density at radius 1 is 1.43 bits per heavy atom. The highest BCUT2D eigenvalue weighted by molar-refractivity contribution is 7.88. The molecule has 1 aromatic heterocycles. The van der Waals surface area contributed by atoms with Gasteiger partial charge in [0.2, 0.25) is 10.0 Å². The van der Waals surface area contributed by atoms with Gasteiger partial charge in [0.25, 0.3) is 0 Å². The predicted molar refractivity (Wildman–Crippen MR) is 84.2 cm³/mol. The summed E-state index contributed by atoms with van der Waals surface area (Å²) in [6.07, 6.45) is 2.87. The van der Waals surface area contributed by atoms with Gasteiger partial charge in [-0.25, -0.2) is 12.7 Å². The Bertz CT molecular complexity index is 736. The lowest BCUT2D eigenvalue weighted by atomic mass is 9.81. The molecule has 23 heavy (non-hydrogen) atoms. The highest BCUT2D eigenvalue weighted by Crippen LogP contribution is 2.44. The van der Waals surface area contributed by atoms with Crippen LogP contribution >= 0.6 is 0 Å². The minimum absolute atomic E-state index is 0.0591. The van der Waals surface area contributed by atoms with Crippen molar-refractivity contribution in [1.82, 2.24) is 14.2 Å². The number of fused-ring (bicyclic) bond motifs is 1. The number of aryl methyl sites for hydroxylation is 1. The van der Waals surface area contributed by atoms with Crippen molar-refractivity contribution in [1.29, 1.82) is 0 Å². The average molecular weight is 339 g/mol. The van der Waals surface area contributed by atoms with E-state index in [1.165, 1.54) is 4.31 Å². The number of carboxylic acids is 1. The fourth-order valence-electron chi connectivity index (χ4n) is 3.69. The van der Waals surface area contributed by atoms with Crippen molar-refractivity contribution >= 4 is 16.0 Å². The van der Waals surface area contributed by atoms with Gasteiger partial charge in [-0.3, -0.25) is 14.7 Å². The molecular weight excluding hydrogens is 318 g/mol. The average Bonchev–Trinajstić information content (AvgIpc) is 2.95. The standard InChI is InChI=1S/C15H21N3O4S/c1-11-4-3-5-16-13(11)8-17-6-12-7-18(23(2,21)22)10-15(12,9-17)14(19)20/h3-5,12H,6-10H2,1-2H3,(H,19,20)/t12-,15-/m0/s1. The van der Waals surface area contributed by atoms with Gasteiger partial charge >= 0.3 is 5.97 Å². The first kappa shape index (κ1) is 16.4. The first-order chi connectivity index (χ1) is 10.7. The van der Waals surface area contributed by atoms with Crippen LogP contribution in [-0.4, -0.2) is 66.1 Å². The van der Waals surface area contributed by atoms with E-state index in [9.17, 15) is 18.3 Å². The molecular formula is C15H21N3O4S. The van der Waals surface area contributed by atoms with Crippen LogP contribution in [0.5, 0.6) is 0 Å². The van der Waals surface area contributed by atoms with Gasteiger partial charge < -0.3 is 5.11 Å². The topological polar surface area (TPSA) is 90.8 Å². The van der Waals surface area contributed by atoms with Crippen LogP contribution in [0.3, 0.4) is 0 Å². The number of likely N-dealkylation sites (tertiary alicyclic amines) is 1. The molecule has 0 unspecified atom stereocenters. The van der Waals surface area contributed by atoms with Crippen molar-refractivity contribution in [2.45, 2.75) is 13.5 Å². The molecule has 8 heteroatoms. The van der Waals surface area contributed by atoms with E-state index < -0.39 is 21.4 Å². The Morgan fingerprint density at radius 3 is 2.74 bits per heavy atom. The Hall–Kier alpha value is -1.51. The molecule has 1 N–H and O–H groups in total. The molecule has 2 aliphatic rings. The third-order valence-electron chi connectivity index (χ3n) is 5.03. The summed E-state index contributed by atoms with van der Waals surface area (Å²) in [5.74, 6) is -1.09. The zero-order chi connectivity index (χ0) is 16.8. The van der Waals surface area contributed by atoms with Crippen LogP contribution in [-0.2, 0) is 21.4 Å². The summed E-state index contributed by atoms with van der Waals surface area (Å²) >= 11 is 0. The minimum Gasteiger partial charge on any atom is -0.481 e. The molecule has 0 saturated carbocycles. The van der Waals surface area contributed by atoms with Gasteiger partial charge in [-0.1, -0.05) is 6.07 Å². The lowest BCUT2D eigenvalue weighted by Gasteiger charge is -2.24. The zero-order valence-corrected chi connectivity index (χ0v) is 14.1. The molecule has 0 radical (unpaired) electrons. The Kier molecular flexibility index (Phi) is 3.94. The number of nitrogens with zero attached hydrogens (tertiary/aromatic N) is 3. The normalized spacial score (nSPS) is 28.9. The van der Waals surface area contributed by atoms with Gasteiger partial charge in [0.15, 0.2) is 0 Å². The molecule has 0 spiro atoms. The second-order valence-electron chi connectivity index (χ2n) is 6.65. The van der Waals surface area contributed by atoms with Crippen LogP contribution in [0.1, 0.15) is 11.3 Å². The van der Waals surface area contributed by atoms with E-state index in [-0.39, 0.29) is 19.0 Å². The number of carbonyl (C=O) groups is 1. The number of hydrogen-bond donors (Lipinski definition) is 1. The molecule has 0 aromatic carbocycles. The van der Waals surface area contributed by atoms with Crippen LogP contribution in [0.15, 0.2) is 18.3 Å². The summed E-state index contributed by atoms with van der Waals surface area (Å²) < 4.78 is 24.8. The summed E-state index contributed by atoms with van der Waals surface area (Å²) in [7, 11) is -3.36. The van der Waals surface area contributed by atoms with Gasteiger partial charge in [-0.2, -0.15) is 0 Å². The molecule has 0 amide bonds. The first-order valence-electron chi connectivity index (χ1n) is 7.54. The Balaban J connectivity index is 1.80. The van der Waals surface area contributed by atoms with Crippen molar-refractivity contribution in [2.24, 2.45) is 11.3 Å². The molecule has 2 fully saturated rings. The Labute approximate surface area is 136 Å². The van der Waals surface area contributed by atoms with E-state index in [4.69, 9.17) is 0 Å². The molecule has 0 bridgehead atoms. The molecule has 3 heterocycles. The number of hydrogen-bond acceptors (Lipinski definition) is 5. The number of aromatic nitrogens is 1. The van der Waals surface area contributed by atoms with E-state index in [1.807, 2.05) is 19.1 Å². The van der Waals surface area contributed by atoms with Crippen LogP contribution < -0.4 is 0 Å². The summed E-state index contributed by atoms with van der Waals surface area (Å²) in [6, 6.07) is 3.86. The SMILES string of the molecule is Cc1cccnc1CN1C[C@H]2CN(S(C)(=O)=O)C[C@@]2(C(=O)O)C1. The van der Waals surface area contributed by atoms with Crippen molar-refractivity contribution in [3.8, 4) is 0 Å². The number of sulfonamides is 1. The highest BCUT2D eigenvalue weighted by Gasteiger charge is 2.59. The third kappa shape index (κ3) is 2.86. The van der Waals surface area contributed by atoms with Gasteiger partial charge in [-0.05, 0) is 18.6 Å². The second kappa shape index (κ2) is 5.54. The quantitative estimate of drug-likeness (QED) is 0.841. The summed E-state index contributed by atoms with van der Waals surface area (Å²) in [6.45, 7) is 3.85. The van der Waals surface area contributed by atoms with Crippen LogP contribution in [0.25, 0.3) is 0 Å². The number of pyridine rings is 1. The van der Waals surface area contributed by atoms with Crippen molar-refractivity contribution in [3.63, 3.8) is 0 Å². The van der Waals surface area contributed by atoms with Gasteiger partial charge in [-0.15, -0.1) is 0 Å². The monoisotopic (exact) mass is 339 g/mol. The molecule has 3 rings (SSSR count). The van der Waals surface area contributed by atoms with E-state index in [0.29, 0.717) is 19.6 Å². The summed E-state index contributed by atoms with van der Waals surface area (Å²) in [5, 5.41) is 9.73. The fourth-order valence-corrected chi connectivity index (χ4v) is 4.61. The van der Waals surface area contributed by atoms with E-state index in [2.05, 4.69) is 9.88 Å². The van der Waals surface area contributed by atoms with E-state index >= 15 is 0 Å². The minimum atomic E-state index is -3.36. The maximum atomic E-state index is 11.9. The van der Waals surface area contributed by atoms with Crippen molar-refractivity contribution in [3.05, 3.63) is 29.6 Å². The van der Waals surface area contributed by atoms with Crippen LogP contribution in [0.2, 0.25) is 0 Å². The van der Waals surface area contributed by atoms with Crippen molar-refractivity contribution in [2.75, 3.05) is 32.4 Å². The number of aliphatic carboxylic acids is 1. The van der Waals surface area contributed by atoms with Crippen LogP contribution in [0.4, 0.5) is 0 Å². The zero-order valence-electron chi connectivity index (χ0n) is 13.3. The number of carboxylic acid groups (broad SMARTS) is 1. The summed E-state index contributed by atoms with van der Waals surface area (Å²) in [5.41, 5.74) is 1.01. The maximum Gasteiger partial charge on any atom is 0.312 e. The molecule has 7 nitrogen and oxygen atoms in total. The smallest absolute Gasteiger partial charge is 0.312 e. The molecule has 2 atom stereocenters. The third-order valence-corrected chi connectivity index (χ3v) is 6.25. The predicted octanol–water partition coefficient (Wildman–Crippen LogP) is 0.168. The van der Waals surface area contributed by atoms with Gasteiger partial charge in [0.05, 0.1) is 17.4 Å². The van der Waals surface area contributed by atoms with E-state index in [0.717, 1.165) is 17.5 Å². The highest BCUT2D eigenvalue weighted by atomic mass is 32.2. The van der Waals surface area contributed by atoms with Crippen molar-refractivity contribution < 1.29 is 18.3 Å². The lowest BCUT2D eigenvalue weighted by molar-refractivity contribution is -0.148. The van der Waals surface area contributed by atoms with Crippen LogP contribution in [0, 0.1) is 18.3 Å². The summed E-state index contributed by atoms with van der Waals surface area (Å²) in [4.78, 5) is 18.3. The first-order valence-corrected chi connectivity index (χ1v) is 9.38. The lowest BCUT2D eigenvalue weighted by Crippen LogP contribution is -2.41. The molecule has 2 aliphatic heterocycles. The number of rotatable bonds is 4. The molecule has 0 aliphatic carbocycles. The fraction of sp³-hybridized carbons (Fsp3) is 0.600. The van der Waals surface area contributed by atoms with Gasteiger partial charge in [0, 0.05) is 44.8 Å². The Morgan fingerprint density at radius 2 is 2.17 bits per heavy atom. The largest absolute Gasteiger partial charge is 0.481 e. The van der Waals surface area contributed by atoms with E-state index in [1.54, 1.807) is 6.20 Å². The molecule has 1 aromatic rings. The second-order valence-corrected chi connectivity index (χ2v) is 8.63. The molecule has 126 valence electrons. The van der Waals surface area contributed by atoms with Gasteiger partial charge in [0.1, 0.15) is 0 Å². The maximum absolute atomic E-state index is 11.9.